The number of hydrogen-bond acceptors (Lipinski definition) is 2. The summed E-state index contributed by atoms with van der Waals surface area (Å²) in [5.41, 5.74) is 3.84. The molecule has 2 N–H and O–H groups in total. The fourth-order valence-corrected chi connectivity index (χ4v) is 3.06. The van der Waals surface area contributed by atoms with Gasteiger partial charge in [0.2, 0.25) is 0 Å². The van der Waals surface area contributed by atoms with Crippen molar-refractivity contribution in [1.29, 1.82) is 0 Å². The fourth-order valence-electron chi connectivity index (χ4n) is 3.06. The van der Waals surface area contributed by atoms with Gasteiger partial charge in [-0.15, -0.1) is 0 Å². The first-order valence-electron chi connectivity index (χ1n) is 8.24. The number of aliphatic hydroxyl groups is 1. The van der Waals surface area contributed by atoms with Crippen LogP contribution in [0.1, 0.15) is 69.2 Å². The molecule has 1 atom stereocenters. The van der Waals surface area contributed by atoms with Gasteiger partial charge in [-0.2, -0.15) is 0 Å². The molecule has 0 aromatic heterocycles. The minimum atomic E-state index is -0.524. The van der Waals surface area contributed by atoms with Crippen molar-refractivity contribution in [2.24, 2.45) is 5.41 Å². The first-order valence-corrected chi connectivity index (χ1v) is 8.24. The van der Waals surface area contributed by atoms with Gasteiger partial charge < -0.3 is 10.4 Å². The summed E-state index contributed by atoms with van der Waals surface area (Å²) in [5, 5.41) is 14.3. The number of hydrogen-bond donors (Lipinski definition) is 2. The number of rotatable bonds is 4. The summed E-state index contributed by atoms with van der Waals surface area (Å²) < 4.78 is 0. The second-order valence-corrected chi connectivity index (χ2v) is 7.83. The molecule has 1 fully saturated rings. The molecular formula is C19H31NO. The van der Waals surface area contributed by atoms with E-state index in [-0.39, 0.29) is 6.04 Å². The highest BCUT2D eigenvalue weighted by atomic mass is 16.3. The minimum absolute atomic E-state index is 0.281. The summed E-state index contributed by atoms with van der Waals surface area (Å²) in [6.07, 6.45) is 4.05. The lowest BCUT2D eigenvalue weighted by atomic mass is 9.71. The third-order valence-corrected chi connectivity index (χ3v) is 5.30. The van der Waals surface area contributed by atoms with Crippen LogP contribution in [0.25, 0.3) is 0 Å². The van der Waals surface area contributed by atoms with E-state index in [1.807, 2.05) is 0 Å². The molecule has 2 rings (SSSR count). The first kappa shape index (κ1) is 16.5. The minimum Gasteiger partial charge on any atom is -0.389 e. The van der Waals surface area contributed by atoms with Crippen molar-refractivity contribution in [3.63, 3.8) is 0 Å². The van der Waals surface area contributed by atoms with E-state index in [9.17, 15) is 5.11 Å². The van der Waals surface area contributed by atoms with E-state index < -0.39 is 5.60 Å². The van der Waals surface area contributed by atoms with Crippen LogP contribution in [0, 0.1) is 19.3 Å². The Hall–Kier alpha value is -0.860. The van der Waals surface area contributed by atoms with Gasteiger partial charge in [-0.3, -0.25) is 0 Å². The molecule has 118 valence electrons. The quantitative estimate of drug-likeness (QED) is 0.867. The highest BCUT2D eigenvalue weighted by Gasteiger charge is 2.36. The zero-order valence-electron chi connectivity index (χ0n) is 14.3. The van der Waals surface area contributed by atoms with E-state index in [4.69, 9.17) is 0 Å². The molecule has 0 amide bonds. The van der Waals surface area contributed by atoms with Crippen LogP contribution in [0.4, 0.5) is 0 Å². The molecule has 21 heavy (non-hydrogen) atoms. The number of benzene rings is 1. The van der Waals surface area contributed by atoms with Crippen molar-refractivity contribution in [1.82, 2.24) is 5.32 Å². The highest BCUT2D eigenvalue weighted by molar-refractivity contribution is 5.31. The molecule has 1 aromatic rings. The zero-order valence-corrected chi connectivity index (χ0v) is 14.3. The van der Waals surface area contributed by atoms with Gasteiger partial charge in [-0.1, -0.05) is 32.0 Å². The van der Waals surface area contributed by atoms with Crippen molar-refractivity contribution in [2.75, 3.05) is 6.54 Å². The summed E-state index contributed by atoms with van der Waals surface area (Å²) in [6, 6.07) is 6.90. The molecule has 2 nitrogen and oxygen atoms in total. The Morgan fingerprint density at radius 1 is 1.10 bits per heavy atom. The van der Waals surface area contributed by atoms with E-state index >= 15 is 0 Å². The molecule has 1 saturated carbocycles. The maximum Gasteiger partial charge on any atom is 0.0772 e. The predicted molar refractivity (Wildman–Crippen MR) is 89.5 cm³/mol. The van der Waals surface area contributed by atoms with Crippen LogP contribution in [0.3, 0.4) is 0 Å². The maximum atomic E-state index is 10.7. The smallest absolute Gasteiger partial charge is 0.0772 e. The van der Waals surface area contributed by atoms with Crippen molar-refractivity contribution >= 4 is 0 Å². The van der Waals surface area contributed by atoms with E-state index in [1.165, 1.54) is 16.7 Å². The van der Waals surface area contributed by atoms with Crippen LogP contribution < -0.4 is 5.32 Å². The Balaban J connectivity index is 1.91. The fraction of sp³-hybridized carbons (Fsp3) is 0.684. The summed E-state index contributed by atoms with van der Waals surface area (Å²) in [6.45, 7) is 11.8. The lowest BCUT2D eigenvalue weighted by Gasteiger charge is -2.40. The van der Waals surface area contributed by atoms with Crippen LogP contribution in [-0.2, 0) is 0 Å². The average Bonchev–Trinajstić information content (AvgIpc) is 2.43. The summed E-state index contributed by atoms with van der Waals surface area (Å²) >= 11 is 0. The van der Waals surface area contributed by atoms with Crippen molar-refractivity contribution in [2.45, 2.75) is 71.9 Å². The van der Waals surface area contributed by atoms with Crippen molar-refractivity contribution in [3.05, 3.63) is 34.9 Å². The SMILES string of the molecule is Cc1ccc(C(C)NCC2(O)CCC(C)(C)CC2)cc1C. The van der Waals surface area contributed by atoms with Crippen molar-refractivity contribution < 1.29 is 5.11 Å². The lowest BCUT2D eigenvalue weighted by Crippen LogP contribution is -2.45. The molecule has 0 heterocycles. The Labute approximate surface area is 130 Å². The maximum absolute atomic E-state index is 10.7. The summed E-state index contributed by atoms with van der Waals surface area (Å²) in [7, 11) is 0. The Bertz CT molecular complexity index is 482. The predicted octanol–water partition coefficient (Wildman–Crippen LogP) is 4.29. The Morgan fingerprint density at radius 2 is 1.71 bits per heavy atom. The average molecular weight is 289 g/mol. The molecule has 1 aromatic carbocycles. The Morgan fingerprint density at radius 3 is 2.29 bits per heavy atom. The van der Waals surface area contributed by atoms with Crippen LogP contribution in [0.2, 0.25) is 0 Å². The van der Waals surface area contributed by atoms with Gasteiger partial charge in [0.25, 0.3) is 0 Å². The molecule has 0 bridgehead atoms. The summed E-state index contributed by atoms with van der Waals surface area (Å²) in [5.74, 6) is 0. The molecule has 1 aliphatic rings. The third kappa shape index (κ3) is 4.31. The molecule has 0 spiro atoms. The van der Waals surface area contributed by atoms with Gasteiger partial charge in [0.1, 0.15) is 0 Å². The lowest BCUT2D eigenvalue weighted by molar-refractivity contribution is -0.0258. The number of nitrogens with one attached hydrogen (secondary N) is 1. The van der Waals surface area contributed by atoms with Gasteiger partial charge in [-0.05, 0) is 68.6 Å². The van der Waals surface area contributed by atoms with E-state index in [1.54, 1.807) is 0 Å². The van der Waals surface area contributed by atoms with E-state index in [0.717, 1.165) is 25.7 Å². The van der Waals surface area contributed by atoms with Crippen LogP contribution >= 0.6 is 0 Å². The normalized spacial score (nSPS) is 22.0. The van der Waals surface area contributed by atoms with Gasteiger partial charge >= 0.3 is 0 Å². The van der Waals surface area contributed by atoms with Crippen LogP contribution in [0.5, 0.6) is 0 Å². The Kier molecular flexibility index (Phi) is 4.79. The van der Waals surface area contributed by atoms with Gasteiger partial charge in [-0.25, -0.2) is 0 Å². The van der Waals surface area contributed by atoms with Crippen LogP contribution in [-0.4, -0.2) is 17.3 Å². The largest absolute Gasteiger partial charge is 0.389 e. The molecule has 0 aliphatic heterocycles. The molecule has 1 unspecified atom stereocenters. The molecule has 2 heteroatoms. The topological polar surface area (TPSA) is 32.3 Å². The summed E-state index contributed by atoms with van der Waals surface area (Å²) in [4.78, 5) is 0. The number of aryl methyl sites for hydroxylation is 2. The zero-order chi connectivity index (χ0) is 15.7. The van der Waals surface area contributed by atoms with Crippen LogP contribution in [0.15, 0.2) is 18.2 Å². The molecule has 0 radical (unpaired) electrons. The monoisotopic (exact) mass is 289 g/mol. The molecule has 0 saturated heterocycles. The second-order valence-electron chi connectivity index (χ2n) is 7.83. The third-order valence-electron chi connectivity index (χ3n) is 5.30. The van der Waals surface area contributed by atoms with E-state index in [2.05, 4.69) is 58.1 Å². The van der Waals surface area contributed by atoms with E-state index in [0.29, 0.717) is 12.0 Å². The standard InChI is InChI=1S/C19H31NO/c1-14-6-7-17(12-15(14)2)16(3)20-13-19(21)10-8-18(4,5)9-11-19/h6-7,12,16,20-21H,8-11,13H2,1-5H3. The van der Waals surface area contributed by atoms with Gasteiger partial charge in [0.05, 0.1) is 5.60 Å². The first-order chi connectivity index (χ1) is 9.71. The molecular weight excluding hydrogens is 258 g/mol. The van der Waals surface area contributed by atoms with Crippen molar-refractivity contribution in [3.8, 4) is 0 Å². The molecule has 1 aliphatic carbocycles. The van der Waals surface area contributed by atoms with Gasteiger partial charge in [0, 0.05) is 12.6 Å². The highest BCUT2D eigenvalue weighted by Crippen LogP contribution is 2.40. The second kappa shape index (κ2) is 6.10. The van der Waals surface area contributed by atoms with Gasteiger partial charge in [0.15, 0.2) is 0 Å².